The number of hydrogen-bond donors (Lipinski definition) is 1. The molecule has 0 saturated heterocycles. The normalized spacial score (nSPS) is 14.6. The molecule has 1 aromatic rings. The lowest BCUT2D eigenvalue weighted by Gasteiger charge is -2.27. The fourth-order valence-corrected chi connectivity index (χ4v) is 1.88. The van der Waals surface area contributed by atoms with Crippen LogP contribution in [0, 0.1) is 4.64 Å². The molecule has 0 aliphatic carbocycles. The van der Waals surface area contributed by atoms with Crippen molar-refractivity contribution in [3.8, 4) is 0 Å². The van der Waals surface area contributed by atoms with E-state index in [0.29, 0.717) is 17.9 Å². The highest BCUT2D eigenvalue weighted by Gasteiger charge is 2.27. The molecule has 1 N–H and O–H groups in total. The summed E-state index contributed by atoms with van der Waals surface area (Å²) in [4.78, 5) is 7.59. The summed E-state index contributed by atoms with van der Waals surface area (Å²) in [7, 11) is 1.65. The number of aromatic nitrogens is 2. The number of rotatable bonds is 6. The Morgan fingerprint density at radius 2 is 2.18 bits per heavy atom. The van der Waals surface area contributed by atoms with Crippen molar-refractivity contribution in [2.24, 2.45) is 0 Å². The zero-order valence-corrected chi connectivity index (χ0v) is 11.7. The summed E-state index contributed by atoms with van der Waals surface area (Å²) in [5, 5.41) is 0. The lowest BCUT2D eigenvalue weighted by molar-refractivity contribution is -0.0394. The molecule has 17 heavy (non-hydrogen) atoms. The van der Waals surface area contributed by atoms with Gasteiger partial charge in [0.1, 0.15) is 16.1 Å². The lowest BCUT2D eigenvalue weighted by atomic mass is 10.0. The highest BCUT2D eigenvalue weighted by Crippen LogP contribution is 2.26. The summed E-state index contributed by atoms with van der Waals surface area (Å²) < 4.78 is 11.4. The number of aromatic amines is 1. The first kappa shape index (κ1) is 14.3. The molecule has 0 radical (unpaired) electrons. The Labute approximate surface area is 107 Å². The molecule has 0 aliphatic rings. The van der Waals surface area contributed by atoms with Gasteiger partial charge in [0.15, 0.2) is 0 Å². The molecule has 0 aliphatic heterocycles. The van der Waals surface area contributed by atoms with Gasteiger partial charge in [-0.05, 0) is 26.3 Å². The van der Waals surface area contributed by atoms with Gasteiger partial charge in [0.2, 0.25) is 0 Å². The quantitative estimate of drug-likeness (QED) is 0.795. The Hall–Kier alpha value is -0.780. The zero-order chi connectivity index (χ0) is 12.9. The van der Waals surface area contributed by atoms with Crippen LogP contribution in [0.25, 0.3) is 0 Å². The summed E-state index contributed by atoms with van der Waals surface area (Å²) in [6.07, 6.45) is 0.829. The summed E-state index contributed by atoms with van der Waals surface area (Å²) >= 11 is 5.16. The van der Waals surface area contributed by atoms with Crippen molar-refractivity contribution in [2.45, 2.75) is 39.4 Å². The van der Waals surface area contributed by atoms with Crippen LogP contribution in [0.3, 0.4) is 0 Å². The van der Waals surface area contributed by atoms with Gasteiger partial charge in [0.25, 0.3) is 0 Å². The summed E-state index contributed by atoms with van der Waals surface area (Å²) in [5.74, 6) is 0.765. The van der Waals surface area contributed by atoms with Crippen LogP contribution >= 0.6 is 12.2 Å². The van der Waals surface area contributed by atoms with Crippen LogP contribution in [0.1, 0.15) is 38.7 Å². The third kappa shape index (κ3) is 3.59. The second-order valence-electron chi connectivity index (χ2n) is 4.04. The third-order valence-corrected chi connectivity index (χ3v) is 2.95. The van der Waals surface area contributed by atoms with Crippen LogP contribution in [-0.2, 0) is 21.7 Å². The smallest absolute Gasteiger partial charge is 0.140 e. The fraction of sp³-hybridized carbons (Fsp3) is 0.667. The summed E-state index contributed by atoms with van der Waals surface area (Å²) in [5.41, 5.74) is 0.494. The molecule has 1 aromatic heterocycles. The number of ether oxygens (including phenoxy) is 2. The van der Waals surface area contributed by atoms with E-state index in [1.807, 2.05) is 19.9 Å². The van der Waals surface area contributed by atoms with E-state index in [4.69, 9.17) is 21.7 Å². The first-order valence-electron chi connectivity index (χ1n) is 5.79. The molecule has 1 rings (SSSR count). The van der Waals surface area contributed by atoms with Crippen molar-refractivity contribution in [1.29, 1.82) is 0 Å². The number of H-pyrrole nitrogens is 1. The Morgan fingerprint density at radius 3 is 2.71 bits per heavy atom. The van der Waals surface area contributed by atoms with Crippen LogP contribution in [0.5, 0.6) is 0 Å². The molecule has 96 valence electrons. The molecule has 0 saturated carbocycles. The molecule has 4 nitrogen and oxygen atoms in total. The molecule has 5 heteroatoms. The van der Waals surface area contributed by atoms with Crippen LogP contribution in [0.15, 0.2) is 6.07 Å². The Kier molecular flexibility index (Phi) is 5.24. The lowest BCUT2D eigenvalue weighted by Crippen LogP contribution is -2.28. The highest BCUT2D eigenvalue weighted by atomic mass is 32.1. The van der Waals surface area contributed by atoms with Crippen LogP contribution < -0.4 is 0 Å². The van der Waals surface area contributed by atoms with Crippen molar-refractivity contribution < 1.29 is 9.47 Å². The van der Waals surface area contributed by atoms with Gasteiger partial charge in [-0.15, -0.1) is 0 Å². The molecule has 0 aromatic carbocycles. The topological polar surface area (TPSA) is 47.1 Å². The van der Waals surface area contributed by atoms with E-state index >= 15 is 0 Å². The van der Waals surface area contributed by atoms with Crippen molar-refractivity contribution in [1.82, 2.24) is 9.97 Å². The van der Waals surface area contributed by atoms with E-state index in [1.165, 1.54) is 0 Å². The van der Waals surface area contributed by atoms with Crippen molar-refractivity contribution >= 4 is 12.2 Å². The Morgan fingerprint density at radius 1 is 1.47 bits per heavy atom. The van der Waals surface area contributed by atoms with Crippen LogP contribution in [0.2, 0.25) is 0 Å². The van der Waals surface area contributed by atoms with Gasteiger partial charge in [0, 0.05) is 19.4 Å². The summed E-state index contributed by atoms with van der Waals surface area (Å²) in [6.45, 7) is 7.19. The first-order valence-corrected chi connectivity index (χ1v) is 6.20. The third-order valence-electron chi connectivity index (χ3n) is 2.74. The van der Waals surface area contributed by atoms with E-state index in [9.17, 15) is 0 Å². The summed E-state index contributed by atoms with van der Waals surface area (Å²) in [6, 6.07) is 1.81. The predicted molar refractivity (Wildman–Crippen MR) is 69.4 cm³/mol. The average molecular weight is 256 g/mol. The van der Waals surface area contributed by atoms with Gasteiger partial charge in [-0.1, -0.05) is 19.1 Å². The standard InChI is InChI=1S/C12H20N2O2S/c1-5-12(3,16-6-2)11-13-9(8-15-4)7-10(17)14-11/h7H,5-6,8H2,1-4H3,(H,13,14,17). The molecular weight excluding hydrogens is 236 g/mol. The Balaban J connectivity index is 3.15. The molecule has 1 heterocycles. The van der Waals surface area contributed by atoms with Gasteiger partial charge >= 0.3 is 0 Å². The van der Waals surface area contributed by atoms with Crippen LogP contribution in [-0.4, -0.2) is 23.7 Å². The SMILES string of the molecule is CCOC(C)(CC)c1nc(=S)cc(COC)[nH]1. The first-order chi connectivity index (χ1) is 8.05. The van der Waals surface area contributed by atoms with E-state index in [-0.39, 0.29) is 0 Å². The van der Waals surface area contributed by atoms with Gasteiger partial charge in [-0.2, -0.15) is 0 Å². The highest BCUT2D eigenvalue weighted by molar-refractivity contribution is 7.71. The van der Waals surface area contributed by atoms with Gasteiger partial charge in [0.05, 0.1) is 6.61 Å². The fourth-order valence-electron chi connectivity index (χ4n) is 1.65. The second kappa shape index (κ2) is 6.23. The van der Waals surface area contributed by atoms with E-state index < -0.39 is 5.60 Å². The molecule has 0 fully saturated rings. The minimum atomic E-state index is -0.425. The molecule has 0 amide bonds. The zero-order valence-electron chi connectivity index (χ0n) is 10.9. The number of nitrogens with one attached hydrogen (secondary N) is 1. The maximum absolute atomic E-state index is 5.77. The molecule has 1 atom stereocenters. The average Bonchev–Trinajstić information content (AvgIpc) is 2.29. The van der Waals surface area contributed by atoms with Crippen molar-refractivity contribution in [3.63, 3.8) is 0 Å². The molecule has 0 spiro atoms. The minimum absolute atomic E-state index is 0.425. The number of hydrogen-bond acceptors (Lipinski definition) is 4. The van der Waals surface area contributed by atoms with Gasteiger partial charge in [-0.3, -0.25) is 0 Å². The van der Waals surface area contributed by atoms with E-state index in [2.05, 4.69) is 16.9 Å². The molecular formula is C12H20N2O2S. The maximum atomic E-state index is 5.77. The van der Waals surface area contributed by atoms with E-state index in [0.717, 1.165) is 17.9 Å². The van der Waals surface area contributed by atoms with Crippen molar-refractivity contribution in [3.05, 3.63) is 22.2 Å². The van der Waals surface area contributed by atoms with Gasteiger partial charge < -0.3 is 14.5 Å². The van der Waals surface area contributed by atoms with Gasteiger partial charge in [-0.25, -0.2) is 4.98 Å². The van der Waals surface area contributed by atoms with Crippen molar-refractivity contribution in [2.75, 3.05) is 13.7 Å². The predicted octanol–water partition coefficient (Wildman–Crippen LogP) is 2.95. The monoisotopic (exact) mass is 256 g/mol. The molecule has 0 bridgehead atoms. The molecule has 1 unspecified atom stereocenters. The second-order valence-corrected chi connectivity index (χ2v) is 4.46. The number of methoxy groups -OCH3 is 1. The Bertz CT molecular complexity index is 419. The maximum Gasteiger partial charge on any atom is 0.140 e. The number of nitrogens with zero attached hydrogens (tertiary/aromatic N) is 1. The minimum Gasteiger partial charge on any atom is -0.378 e. The van der Waals surface area contributed by atoms with E-state index in [1.54, 1.807) is 7.11 Å². The van der Waals surface area contributed by atoms with Crippen LogP contribution in [0.4, 0.5) is 0 Å². The largest absolute Gasteiger partial charge is 0.378 e.